The fourth-order valence-corrected chi connectivity index (χ4v) is 2.56. The minimum Gasteiger partial charge on any atom is -0.454 e. The second-order valence-electron chi connectivity index (χ2n) is 4.45. The smallest absolute Gasteiger partial charge is 0.358 e. The van der Waals surface area contributed by atoms with Crippen molar-refractivity contribution in [3.05, 3.63) is 63.2 Å². The number of para-hydroxylation sites is 1. The number of aliphatic hydroxyl groups excluding tert-OH is 1. The number of fused-ring (bicyclic) bond motifs is 2. The monoisotopic (exact) mass is 359 g/mol. The molecule has 0 saturated carbocycles. The van der Waals surface area contributed by atoms with Gasteiger partial charge in [0.25, 0.3) is 5.69 Å². The summed E-state index contributed by atoms with van der Waals surface area (Å²) in [6, 6.07) is 10.5. The van der Waals surface area contributed by atoms with Gasteiger partial charge in [-0.05, 0) is 18.2 Å². The third kappa shape index (κ3) is 3.87. The number of ether oxygens (including phenoxy) is 1. The van der Waals surface area contributed by atoms with E-state index in [0.717, 1.165) is 28.7 Å². The van der Waals surface area contributed by atoms with Crippen LogP contribution in [0.2, 0.25) is 5.02 Å². The molecule has 0 radical (unpaired) electrons. The number of benzene rings is 2. The maximum absolute atomic E-state index is 10.7. The van der Waals surface area contributed by atoms with Crippen LogP contribution in [0.4, 0.5) is 5.69 Å². The molecule has 2 heterocycles. The lowest BCUT2D eigenvalue weighted by molar-refractivity contribution is -0.386. The molecule has 2 aliphatic heterocycles. The molecular formula is C13H11ClNO7P. The molecule has 8 nitrogen and oxygen atoms in total. The van der Waals surface area contributed by atoms with E-state index in [2.05, 4.69) is 0 Å². The second kappa shape index (κ2) is 6.66. The molecule has 0 aromatic heterocycles. The Balaban J connectivity index is 0.000000198. The molecule has 1 atom stereocenters. The first-order valence-electron chi connectivity index (χ1n) is 6.15. The van der Waals surface area contributed by atoms with Crippen LogP contribution < -0.4 is 4.74 Å². The molecule has 23 heavy (non-hydrogen) atoms. The minimum absolute atomic E-state index is 0.393. The molecular weight excluding hydrogens is 349 g/mol. The molecule has 3 N–H and O–H groups in total. The van der Waals surface area contributed by atoms with Crippen LogP contribution in [0.1, 0.15) is 11.4 Å². The van der Waals surface area contributed by atoms with Gasteiger partial charge in [-0.1, -0.05) is 29.8 Å². The van der Waals surface area contributed by atoms with Gasteiger partial charge in [0.15, 0.2) is 5.85 Å². The third-order valence-corrected chi connectivity index (χ3v) is 4.17. The number of aliphatic hydroxyl groups is 1. The summed E-state index contributed by atoms with van der Waals surface area (Å²) in [7, 11) is -4.79. The molecule has 2 aliphatic rings. The summed E-state index contributed by atoms with van der Waals surface area (Å²) in [5.41, 5.74) is -0.913. The Kier molecular flexibility index (Phi) is 5.03. The first-order chi connectivity index (χ1) is 10.7. The van der Waals surface area contributed by atoms with Gasteiger partial charge < -0.3 is 19.6 Å². The molecule has 0 fully saturated rings. The van der Waals surface area contributed by atoms with E-state index in [1.807, 2.05) is 18.2 Å². The van der Waals surface area contributed by atoms with Crippen LogP contribution in [-0.2, 0) is 4.57 Å². The van der Waals surface area contributed by atoms with E-state index in [-0.39, 0.29) is 0 Å². The topological polar surface area (TPSA) is 130 Å². The molecule has 0 saturated heterocycles. The highest BCUT2D eigenvalue weighted by atomic mass is 35.5. The second-order valence-corrected chi connectivity index (χ2v) is 6.49. The number of nitrogens with zero attached hydrogens (tertiary/aromatic N) is 1. The average molecular weight is 360 g/mol. The van der Waals surface area contributed by atoms with Crippen molar-refractivity contribution < 1.29 is 29.1 Å². The van der Waals surface area contributed by atoms with E-state index in [1.54, 1.807) is 0 Å². The highest BCUT2D eigenvalue weighted by Gasteiger charge is 2.33. The summed E-state index contributed by atoms with van der Waals surface area (Å²) in [6.45, 7) is 0. The molecule has 10 heteroatoms. The van der Waals surface area contributed by atoms with Gasteiger partial charge >= 0.3 is 7.60 Å². The number of hydrogen-bond donors (Lipinski definition) is 3. The summed E-state index contributed by atoms with van der Waals surface area (Å²) in [4.78, 5) is 27.1. The van der Waals surface area contributed by atoms with Crippen molar-refractivity contribution in [3.8, 4) is 11.5 Å². The fraction of sp³-hybridized carbons (Fsp3) is 0.0769. The van der Waals surface area contributed by atoms with Gasteiger partial charge in [0.2, 0.25) is 0 Å². The summed E-state index contributed by atoms with van der Waals surface area (Å²) >= 11 is 5.65. The van der Waals surface area contributed by atoms with E-state index in [4.69, 9.17) is 26.1 Å². The van der Waals surface area contributed by atoms with E-state index in [9.17, 15) is 19.8 Å². The fourth-order valence-electron chi connectivity index (χ4n) is 1.77. The molecule has 1 unspecified atom stereocenters. The van der Waals surface area contributed by atoms with Crippen molar-refractivity contribution in [2.75, 3.05) is 0 Å². The summed E-state index contributed by atoms with van der Waals surface area (Å²) in [6.07, 6.45) is 0. The van der Waals surface area contributed by atoms with Crippen molar-refractivity contribution >= 4 is 24.9 Å². The lowest BCUT2D eigenvalue weighted by Gasteiger charge is -2.18. The molecule has 0 spiro atoms. The van der Waals surface area contributed by atoms with Crippen molar-refractivity contribution in [2.24, 2.45) is 0 Å². The van der Waals surface area contributed by atoms with Gasteiger partial charge in [0.05, 0.1) is 10.5 Å². The molecule has 0 amide bonds. The van der Waals surface area contributed by atoms with Crippen LogP contribution in [0.5, 0.6) is 11.5 Å². The van der Waals surface area contributed by atoms with E-state index < -0.39 is 29.6 Å². The van der Waals surface area contributed by atoms with Crippen LogP contribution in [0.15, 0.2) is 42.5 Å². The Morgan fingerprint density at radius 2 is 1.70 bits per heavy atom. The highest BCUT2D eigenvalue weighted by Crippen LogP contribution is 2.51. The largest absolute Gasteiger partial charge is 0.454 e. The zero-order valence-electron chi connectivity index (χ0n) is 11.4. The van der Waals surface area contributed by atoms with Crippen LogP contribution in [0.3, 0.4) is 0 Å². The normalized spacial score (nSPS) is 13.0. The highest BCUT2D eigenvalue weighted by molar-refractivity contribution is 7.51. The Labute approximate surface area is 135 Å². The quantitative estimate of drug-likeness (QED) is 0.372. The Hall–Kier alpha value is -1.96. The third-order valence-electron chi connectivity index (χ3n) is 2.88. The SMILES string of the molecule is Clc1c2cccc1O2.O=[N+]([O-])c1ccccc1C(O)P(=O)(O)O. The average Bonchev–Trinajstić information content (AvgIpc) is 2.54. The number of halogens is 1. The lowest BCUT2D eigenvalue weighted by atomic mass is 10.2. The number of rotatable bonds is 3. The van der Waals surface area contributed by atoms with Crippen molar-refractivity contribution in [3.63, 3.8) is 0 Å². The van der Waals surface area contributed by atoms with Crippen LogP contribution in [-0.4, -0.2) is 19.8 Å². The summed E-state index contributed by atoms with van der Waals surface area (Å²) in [5, 5.41) is 20.5. The lowest BCUT2D eigenvalue weighted by Crippen LogP contribution is -2.02. The molecule has 0 aliphatic carbocycles. The van der Waals surface area contributed by atoms with Gasteiger partial charge in [0, 0.05) is 6.07 Å². The van der Waals surface area contributed by atoms with Gasteiger partial charge in [-0.3, -0.25) is 14.7 Å². The van der Waals surface area contributed by atoms with Gasteiger partial charge in [-0.2, -0.15) is 0 Å². The molecule has 122 valence electrons. The summed E-state index contributed by atoms with van der Waals surface area (Å²) < 4.78 is 15.7. The Bertz CT molecular complexity index is 771. The molecule has 4 rings (SSSR count). The standard InChI is InChI=1S/C7H8NO6P.C6H3ClO/c9-7(15(12,13)14)5-3-1-2-4-6(5)8(10)11;7-6-4-2-1-3-5(6)8-4/h1-4,7,9H,(H2,12,13,14);1-3H. The van der Waals surface area contributed by atoms with E-state index >= 15 is 0 Å². The van der Waals surface area contributed by atoms with E-state index in [1.165, 1.54) is 12.1 Å². The van der Waals surface area contributed by atoms with Gasteiger partial charge in [0.1, 0.15) is 16.5 Å². The predicted octanol–water partition coefficient (Wildman–Crippen LogP) is 3.21. The Morgan fingerprint density at radius 1 is 1.13 bits per heavy atom. The van der Waals surface area contributed by atoms with Crippen LogP contribution in [0.25, 0.3) is 0 Å². The number of hydrogen-bond acceptors (Lipinski definition) is 5. The first kappa shape index (κ1) is 17.4. The number of nitro groups is 1. The molecule has 2 aromatic carbocycles. The van der Waals surface area contributed by atoms with Gasteiger partial charge in [-0.25, -0.2) is 0 Å². The van der Waals surface area contributed by atoms with Crippen molar-refractivity contribution in [2.45, 2.75) is 5.85 Å². The van der Waals surface area contributed by atoms with E-state index in [0.29, 0.717) is 0 Å². The zero-order chi connectivity index (χ0) is 17.2. The maximum Gasteiger partial charge on any atom is 0.358 e. The summed E-state index contributed by atoms with van der Waals surface area (Å²) in [5.74, 6) is -0.576. The van der Waals surface area contributed by atoms with Gasteiger partial charge in [-0.15, -0.1) is 0 Å². The van der Waals surface area contributed by atoms with Crippen molar-refractivity contribution in [1.82, 2.24) is 0 Å². The first-order valence-corrected chi connectivity index (χ1v) is 8.20. The zero-order valence-corrected chi connectivity index (χ0v) is 13.0. The Morgan fingerprint density at radius 3 is 2.09 bits per heavy atom. The van der Waals surface area contributed by atoms with Crippen LogP contribution in [0, 0.1) is 10.1 Å². The predicted molar refractivity (Wildman–Crippen MR) is 81.6 cm³/mol. The number of nitro benzene ring substituents is 1. The molecule has 2 aromatic rings. The van der Waals surface area contributed by atoms with Crippen molar-refractivity contribution in [1.29, 1.82) is 0 Å². The minimum atomic E-state index is -4.79. The molecule has 2 bridgehead atoms. The maximum atomic E-state index is 10.7. The van der Waals surface area contributed by atoms with Crippen LogP contribution >= 0.6 is 19.2 Å².